The van der Waals surface area contributed by atoms with Crippen molar-refractivity contribution in [2.24, 2.45) is 0 Å². The highest BCUT2D eigenvalue weighted by Gasteiger charge is 2.32. The molecule has 0 radical (unpaired) electrons. The van der Waals surface area contributed by atoms with Crippen molar-refractivity contribution >= 4 is 0 Å². The van der Waals surface area contributed by atoms with Crippen LogP contribution in [0.3, 0.4) is 0 Å². The van der Waals surface area contributed by atoms with Crippen LogP contribution in [0.5, 0.6) is 5.75 Å². The smallest absolute Gasteiger partial charge is 0.416 e. The van der Waals surface area contributed by atoms with E-state index in [0.717, 1.165) is 23.8 Å². The van der Waals surface area contributed by atoms with Crippen LogP contribution in [-0.4, -0.2) is 13.2 Å². The summed E-state index contributed by atoms with van der Waals surface area (Å²) in [5, 5.41) is 3.16. The number of hydrogen-bond donors (Lipinski definition) is 1. The lowest BCUT2D eigenvalue weighted by molar-refractivity contribution is -0.138. The molecule has 1 unspecified atom stereocenters. The Labute approximate surface area is 134 Å². The number of rotatable bonds is 6. The van der Waals surface area contributed by atoms with E-state index >= 15 is 0 Å². The van der Waals surface area contributed by atoms with Crippen molar-refractivity contribution in [1.82, 2.24) is 5.32 Å². The SMILES string of the molecule is COc1ccc(CC(C)NCc2ccccc2C(F)(F)F)cc1. The van der Waals surface area contributed by atoms with E-state index in [2.05, 4.69) is 5.32 Å². The molecule has 0 amide bonds. The molecule has 0 saturated heterocycles. The Hall–Kier alpha value is -2.01. The monoisotopic (exact) mass is 323 g/mol. The molecule has 2 nitrogen and oxygen atoms in total. The maximum atomic E-state index is 13.0. The highest BCUT2D eigenvalue weighted by Crippen LogP contribution is 2.31. The summed E-state index contributed by atoms with van der Waals surface area (Å²) in [5.74, 6) is 0.786. The van der Waals surface area contributed by atoms with Crippen molar-refractivity contribution in [1.29, 1.82) is 0 Å². The predicted octanol–water partition coefficient (Wildman–Crippen LogP) is 4.43. The first kappa shape index (κ1) is 17.3. The lowest BCUT2D eigenvalue weighted by Crippen LogP contribution is -2.28. The van der Waals surface area contributed by atoms with E-state index in [0.29, 0.717) is 0 Å². The Morgan fingerprint density at radius 3 is 2.30 bits per heavy atom. The topological polar surface area (TPSA) is 21.3 Å². The van der Waals surface area contributed by atoms with Crippen molar-refractivity contribution in [2.45, 2.75) is 32.1 Å². The minimum Gasteiger partial charge on any atom is -0.497 e. The fraction of sp³-hybridized carbons (Fsp3) is 0.333. The molecule has 0 saturated carbocycles. The lowest BCUT2D eigenvalue weighted by atomic mass is 10.0. The number of methoxy groups -OCH3 is 1. The summed E-state index contributed by atoms with van der Waals surface area (Å²) in [6.45, 7) is 2.15. The summed E-state index contributed by atoms with van der Waals surface area (Å²) < 4.78 is 44.0. The molecule has 2 aromatic rings. The van der Waals surface area contributed by atoms with Gasteiger partial charge in [0.25, 0.3) is 0 Å². The van der Waals surface area contributed by atoms with Gasteiger partial charge in [0, 0.05) is 12.6 Å². The van der Waals surface area contributed by atoms with Gasteiger partial charge in [-0.25, -0.2) is 0 Å². The molecule has 0 fully saturated rings. The Morgan fingerprint density at radius 1 is 1.04 bits per heavy atom. The molecule has 5 heteroatoms. The minimum atomic E-state index is -4.32. The van der Waals surface area contributed by atoms with Crippen LogP contribution in [0.4, 0.5) is 13.2 Å². The van der Waals surface area contributed by atoms with Crippen LogP contribution >= 0.6 is 0 Å². The molecule has 0 aliphatic heterocycles. The van der Waals surface area contributed by atoms with Gasteiger partial charge in [0.15, 0.2) is 0 Å². The number of nitrogens with one attached hydrogen (secondary N) is 1. The summed E-state index contributed by atoms with van der Waals surface area (Å²) in [6.07, 6.45) is -3.59. The second kappa shape index (κ2) is 7.51. The van der Waals surface area contributed by atoms with E-state index in [9.17, 15) is 13.2 Å². The van der Waals surface area contributed by atoms with Crippen LogP contribution in [0.2, 0.25) is 0 Å². The van der Waals surface area contributed by atoms with Crippen LogP contribution in [0, 0.1) is 0 Å². The standard InChI is InChI=1S/C18H20F3NO/c1-13(11-14-7-9-16(23-2)10-8-14)22-12-15-5-3-4-6-17(15)18(19,20)21/h3-10,13,22H,11-12H2,1-2H3. The van der Waals surface area contributed by atoms with E-state index in [1.165, 1.54) is 12.1 Å². The van der Waals surface area contributed by atoms with Gasteiger partial charge in [-0.15, -0.1) is 0 Å². The number of hydrogen-bond acceptors (Lipinski definition) is 2. The van der Waals surface area contributed by atoms with E-state index in [1.54, 1.807) is 13.2 Å². The molecule has 0 bridgehead atoms. The van der Waals surface area contributed by atoms with Gasteiger partial charge in [-0.05, 0) is 42.7 Å². The van der Waals surface area contributed by atoms with E-state index in [4.69, 9.17) is 4.74 Å². The third-order valence-electron chi connectivity index (χ3n) is 3.66. The number of alkyl halides is 3. The third kappa shape index (κ3) is 4.99. The quantitative estimate of drug-likeness (QED) is 0.849. The van der Waals surface area contributed by atoms with Crippen LogP contribution in [0.15, 0.2) is 48.5 Å². The number of halogens is 3. The van der Waals surface area contributed by atoms with Crippen molar-refractivity contribution in [3.8, 4) is 5.75 Å². The summed E-state index contributed by atoms with van der Waals surface area (Å²) in [6, 6.07) is 13.4. The minimum absolute atomic E-state index is 0.0599. The third-order valence-corrected chi connectivity index (χ3v) is 3.66. The molecule has 124 valence electrons. The van der Waals surface area contributed by atoms with Crippen LogP contribution in [-0.2, 0) is 19.1 Å². The van der Waals surface area contributed by atoms with Crippen LogP contribution < -0.4 is 10.1 Å². The van der Waals surface area contributed by atoms with Gasteiger partial charge in [0.2, 0.25) is 0 Å². The molecular weight excluding hydrogens is 303 g/mol. The Kier molecular flexibility index (Phi) is 5.66. The Morgan fingerprint density at radius 2 is 1.70 bits per heavy atom. The molecule has 0 heterocycles. The summed E-state index contributed by atoms with van der Waals surface area (Å²) >= 11 is 0. The molecule has 0 aliphatic rings. The van der Waals surface area contributed by atoms with Gasteiger partial charge < -0.3 is 10.1 Å². The molecule has 2 rings (SSSR count). The van der Waals surface area contributed by atoms with Gasteiger partial charge in [0.05, 0.1) is 12.7 Å². The predicted molar refractivity (Wildman–Crippen MR) is 84.4 cm³/mol. The van der Waals surface area contributed by atoms with Crippen molar-refractivity contribution in [3.63, 3.8) is 0 Å². The van der Waals surface area contributed by atoms with Gasteiger partial charge >= 0.3 is 6.18 Å². The van der Waals surface area contributed by atoms with Crippen LogP contribution in [0.25, 0.3) is 0 Å². The first-order chi connectivity index (χ1) is 10.9. The molecule has 2 aromatic carbocycles. The van der Waals surface area contributed by atoms with Crippen LogP contribution in [0.1, 0.15) is 23.6 Å². The van der Waals surface area contributed by atoms with E-state index in [-0.39, 0.29) is 18.2 Å². The zero-order chi connectivity index (χ0) is 16.9. The molecule has 0 spiro atoms. The second-order valence-corrected chi connectivity index (χ2v) is 5.49. The summed E-state index contributed by atoms with van der Waals surface area (Å²) in [5.41, 5.74) is 0.792. The number of benzene rings is 2. The highest BCUT2D eigenvalue weighted by atomic mass is 19.4. The average Bonchev–Trinajstić information content (AvgIpc) is 2.53. The summed E-state index contributed by atoms with van der Waals surface area (Å²) in [7, 11) is 1.61. The Balaban J connectivity index is 1.95. The van der Waals surface area contributed by atoms with Gasteiger partial charge in [0.1, 0.15) is 5.75 Å². The summed E-state index contributed by atoms with van der Waals surface area (Å²) in [4.78, 5) is 0. The maximum Gasteiger partial charge on any atom is 0.416 e. The zero-order valence-electron chi connectivity index (χ0n) is 13.2. The van der Waals surface area contributed by atoms with Gasteiger partial charge in [-0.2, -0.15) is 13.2 Å². The van der Waals surface area contributed by atoms with Crippen molar-refractivity contribution < 1.29 is 17.9 Å². The van der Waals surface area contributed by atoms with E-state index < -0.39 is 11.7 Å². The average molecular weight is 323 g/mol. The van der Waals surface area contributed by atoms with Crippen molar-refractivity contribution in [2.75, 3.05) is 7.11 Å². The molecular formula is C18H20F3NO. The first-order valence-corrected chi connectivity index (χ1v) is 7.41. The second-order valence-electron chi connectivity index (χ2n) is 5.49. The van der Waals surface area contributed by atoms with Crippen molar-refractivity contribution in [3.05, 3.63) is 65.2 Å². The fourth-order valence-electron chi connectivity index (χ4n) is 2.42. The molecule has 1 atom stereocenters. The van der Waals surface area contributed by atoms with Gasteiger partial charge in [-0.1, -0.05) is 30.3 Å². The molecule has 1 N–H and O–H groups in total. The Bertz CT molecular complexity index is 623. The van der Waals surface area contributed by atoms with E-state index in [1.807, 2.05) is 31.2 Å². The largest absolute Gasteiger partial charge is 0.497 e. The zero-order valence-corrected chi connectivity index (χ0v) is 13.2. The van der Waals surface area contributed by atoms with Gasteiger partial charge in [-0.3, -0.25) is 0 Å². The first-order valence-electron chi connectivity index (χ1n) is 7.41. The molecule has 0 aromatic heterocycles. The maximum absolute atomic E-state index is 13.0. The highest BCUT2D eigenvalue weighted by molar-refractivity contribution is 5.30. The fourth-order valence-corrected chi connectivity index (χ4v) is 2.42. The normalized spacial score (nSPS) is 12.9. The number of ether oxygens (including phenoxy) is 1. The molecule has 23 heavy (non-hydrogen) atoms. The lowest BCUT2D eigenvalue weighted by Gasteiger charge is -2.17. The molecule has 0 aliphatic carbocycles.